The fourth-order valence-corrected chi connectivity index (χ4v) is 13.9. The number of phenols is 1. The number of nitrogens with two attached hydrogens (primary N) is 3. The normalized spacial score (nSPS) is 16.9. The summed E-state index contributed by atoms with van der Waals surface area (Å²) < 4.78 is 0. The van der Waals surface area contributed by atoms with E-state index < -0.39 is 323 Å². The highest BCUT2D eigenvalue weighted by Crippen LogP contribution is 2.23. The van der Waals surface area contributed by atoms with Gasteiger partial charge < -0.3 is 174 Å². The van der Waals surface area contributed by atoms with Crippen LogP contribution in [0.25, 0.3) is 0 Å². The van der Waals surface area contributed by atoms with Gasteiger partial charge >= 0.3 is 18.0 Å². The Labute approximate surface area is 787 Å². The molecule has 18 atom stereocenters. The first-order valence-electron chi connectivity index (χ1n) is 44.3. The van der Waals surface area contributed by atoms with Gasteiger partial charge in [-0.15, -0.1) is 0 Å². The summed E-state index contributed by atoms with van der Waals surface area (Å²) in [6.07, 6.45) is -3.04. The van der Waals surface area contributed by atoms with Crippen molar-refractivity contribution in [2.45, 2.75) is 242 Å². The van der Waals surface area contributed by atoms with Crippen LogP contribution < -0.4 is 118 Å². The molecule has 0 spiro atoms. The molecule has 1 aromatic carbocycles. The van der Waals surface area contributed by atoms with E-state index in [1.807, 2.05) is 0 Å². The summed E-state index contributed by atoms with van der Waals surface area (Å²) in [6.45, 7) is 3.88. The summed E-state index contributed by atoms with van der Waals surface area (Å²) in [7, 11) is 0. The number of hydrogen-bond acceptors (Lipinski definition) is 31. The predicted octanol–water partition coefficient (Wildman–Crippen LogP) is -14.5. The number of aromatic hydroxyl groups is 1. The average Bonchev–Trinajstić information content (AvgIpc) is 1.19. The molecule has 0 unspecified atom stereocenters. The summed E-state index contributed by atoms with van der Waals surface area (Å²) in [5.74, 6) is -23.1. The molecule has 0 saturated carbocycles. The van der Waals surface area contributed by atoms with Crippen molar-refractivity contribution < 1.29 is 151 Å². The molecule has 768 valence electrons. The number of rotatable bonds is 59. The Morgan fingerprint density at radius 3 is 1.18 bits per heavy atom. The topological polar surface area (TPSA) is 871 Å². The van der Waals surface area contributed by atoms with Crippen molar-refractivity contribution in [3.63, 3.8) is 0 Å². The third kappa shape index (κ3) is 40.2. The number of aliphatic hydroxyl groups is 7. The summed E-state index contributed by atoms with van der Waals surface area (Å²) >= 11 is 0. The molecule has 0 bridgehead atoms. The van der Waals surface area contributed by atoms with Gasteiger partial charge in [-0.25, -0.2) is 14.4 Å². The molecule has 0 aliphatic carbocycles. The fourth-order valence-electron chi connectivity index (χ4n) is 13.9. The van der Waals surface area contributed by atoms with E-state index in [0.717, 1.165) is 23.6 Å². The third-order valence-electron chi connectivity index (χ3n) is 21.3. The second-order valence-corrected chi connectivity index (χ2v) is 33.7. The molecule has 2 heterocycles. The third-order valence-corrected chi connectivity index (χ3v) is 21.3. The maximum Gasteiger partial charge on any atom is 0.326 e. The first kappa shape index (κ1) is 118. The number of carboxylic acids is 1. The molecule has 34 N–H and O–H groups in total. The quantitative estimate of drug-likeness (QED) is 0.0269. The van der Waals surface area contributed by atoms with E-state index in [-0.39, 0.29) is 95.6 Å². The number of urea groups is 2. The van der Waals surface area contributed by atoms with Crippen LogP contribution >= 0.6 is 0 Å². The number of aliphatic hydroxyl groups excluding tert-OH is 7. The Morgan fingerprint density at radius 2 is 0.730 bits per heavy atom. The smallest absolute Gasteiger partial charge is 0.326 e. The van der Waals surface area contributed by atoms with Gasteiger partial charge in [-0.3, -0.25) is 91.1 Å². The fraction of sp³-hybridized carbons (Fsp3) is 0.659. The Bertz CT molecular complexity index is 4340. The SMILES string of the molecule is CC(C)C[C@H](NC(=O)[C@H](C)NC(=O)[C@H](CO)NC(=O)CN)C(=O)N[C@@H](CCCNC(N)=O)C(=O)N1CCC[C@H]1C(=O)N[C@@H](CO)C(=O)N[C@H](C(=O)N[C@@H](CO)C(=O)N[C@@H](CCCNC(N)=O)C(=O)N[C@@H](CO)C(=O)N[C@@H](CC(C)C)C(=O)N[C@@H](Cc1ccc(O)cc1)C(=O)N[C@@H](C)C(=O)N[C@@H](CO)C(=O)N[C@@H](CO)C(=O)N1CCC[C@H]1C(=O)NCC(=O)NCC(=O)N[C@H](C(=O)O)C(C)C)[C@@H](C)O. The summed E-state index contributed by atoms with van der Waals surface area (Å²) in [5, 5.41) is 136. The average molecular weight is 1950 g/mol. The number of hydrogen-bond donors (Lipinski definition) is 31. The van der Waals surface area contributed by atoms with Crippen LogP contribution in [0.15, 0.2) is 24.3 Å². The second kappa shape index (κ2) is 59.5. The van der Waals surface area contributed by atoms with Crippen LogP contribution in [0.4, 0.5) is 9.59 Å². The van der Waals surface area contributed by atoms with E-state index in [9.17, 15) is 151 Å². The number of amides is 23. The number of likely N-dealkylation sites (tertiary alicyclic amines) is 2. The first-order valence-corrected chi connectivity index (χ1v) is 44.3. The van der Waals surface area contributed by atoms with Crippen molar-refractivity contribution in [2.24, 2.45) is 35.0 Å². The lowest BCUT2D eigenvalue weighted by Crippen LogP contribution is -2.63. The first-order chi connectivity index (χ1) is 64.5. The maximum absolute atomic E-state index is 14.6. The maximum atomic E-state index is 14.6. The molecule has 0 radical (unpaired) electrons. The van der Waals surface area contributed by atoms with Crippen LogP contribution in [0.3, 0.4) is 0 Å². The van der Waals surface area contributed by atoms with Gasteiger partial charge in [-0.2, -0.15) is 0 Å². The van der Waals surface area contributed by atoms with Crippen molar-refractivity contribution in [2.75, 3.05) is 85.5 Å². The predicted molar refractivity (Wildman–Crippen MR) is 476 cm³/mol. The van der Waals surface area contributed by atoms with Gasteiger partial charge in [-0.1, -0.05) is 53.7 Å². The van der Waals surface area contributed by atoms with Crippen LogP contribution in [0, 0.1) is 17.8 Å². The van der Waals surface area contributed by atoms with Crippen LogP contribution in [-0.2, 0) is 102 Å². The Hall–Kier alpha value is -13.4. The molecule has 2 aliphatic heterocycles. The Kier molecular flexibility index (Phi) is 51.2. The van der Waals surface area contributed by atoms with Gasteiger partial charge in [0.2, 0.25) is 112 Å². The van der Waals surface area contributed by atoms with Crippen molar-refractivity contribution in [3.8, 4) is 5.75 Å². The molecule has 55 heteroatoms. The molecule has 2 fully saturated rings. The number of primary amides is 2. The zero-order valence-corrected chi connectivity index (χ0v) is 77.5. The monoisotopic (exact) mass is 1950 g/mol. The number of phenolic OH excluding ortho intramolecular Hbond substituents is 1. The van der Waals surface area contributed by atoms with Gasteiger partial charge in [0.15, 0.2) is 0 Å². The summed E-state index contributed by atoms with van der Waals surface area (Å²) in [4.78, 5) is 297. The molecule has 23 amide bonds. The highest BCUT2D eigenvalue weighted by atomic mass is 16.4. The van der Waals surface area contributed by atoms with Gasteiger partial charge in [0.05, 0.1) is 65.4 Å². The van der Waals surface area contributed by atoms with Crippen LogP contribution in [0.2, 0.25) is 0 Å². The number of carbonyl (C=O) groups is 22. The number of nitrogens with zero attached hydrogens (tertiary/aromatic N) is 2. The largest absolute Gasteiger partial charge is 0.508 e. The number of carboxylic acid groups (broad SMARTS) is 1. The van der Waals surface area contributed by atoms with Crippen LogP contribution in [0.5, 0.6) is 5.75 Å². The van der Waals surface area contributed by atoms with E-state index in [2.05, 4.69) is 101 Å². The molecule has 0 aromatic heterocycles. The van der Waals surface area contributed by atoms with Gasteiger partial charge in [-0.05, 0) is 120 Å². The number of carbonyl (C=O) groups excluding carboxylic acids is 21. The zero-order chi connectivity index (χ0) is 103. The molecule has 55 nitrogen and oxygen atoms in total. The van der Waals surface area contributed by atoms with Crippen molar-refractivity contribution >= 4 is 130 Å². The molecule has 3 rings (SSSR count). The van der Waals surface area contributed by atoms with Crippen LogP contribution in [-0.4, -0.2) is 380 Å². The Morgan fingerprint density at radius 1 is 0.372 bits per heavy atom. The number of benzene rings is 1. The van der Waals surface area contributed by atoms with E-state index in [1.54, 1.807) is 41.5 Å². The lowest BCUT2D eigenvalue weighted by Gasteiger charge is -2.31. The number of nitrogens with one attached hydrogen (secondary N) is 19. The highest BCUT2D eigenvalue weighted by Gasteiger charge is 2.44. The van der Waals surface area contributed by atoms with E-state index in [1.165, 1.54) is 31.2 Å². The summed E-state index contributed by atoms with van der Waals surface area (Å²) in [5.41, 5.74) is 16.1. The van der Waals surface area contributed by atoms with E-state index >= 15 is 0 Å². The van der Waals surface area contributed by atoms with Crippen LogP contribution in [0.1, 0.15) is 132 Å². The molecule has 137 heavy (non-hydrogen) atoms. The van der Waals surface area contributed by atoms with Crippen molar-refractivity contribution in [1.29, 1.82) is 0 Å². The summed E-state index contributed by atoms with van der Waals surface area (Å²) in [6, 6.07) is -25.0. The van der Waals surface area contributed by atoms with Crippen molar-refractivity contribution in [3.05, 3.63) is 29.8 Å². The minimum Gasteiger partial charge on any atom is -0.508 e. The lowest BCUT2D eigenvalue weighted by molar-refractivity contribution is -0.143. The Balaban J connectivity index is 1.80. The minimum absolute atomic E-state index is 0.00908. The standard InChI is InChI=1S/C82H134N24O31/c1-38(2)26-48(95-64(118)41(7)91-70(124)51(32-107)92-59(115)29-83)68(122)94-47(15-11-23-87-82(85)137)78(132)106-25-13-17-58(106)76(130)100-55(36-111)74(128)104-63(43(9)113)77(131)101-54(35-110)71(125)93-46(14-10-22-86-81(84)136)66(120)99-53(34-109)72(126)96-49(27-39(3)4)69(123)97-50(28-44-18-20-45(114)21-19-44)67(121)90-42(8)65(119)98-52(33-108)73(127)102-56(37-112)79(133)105-24-12-16-57(105)75(129)89-30-60(116)88-31-61(117)103-62(40(5)6)80(134)135/h18-21,38-43,46-58,62-63,107-114H,10-17,22-37,83H2,1-9H3,(H,88,116)(H,89,129)(H,90,121)(H,91,124)(H,92,115)(H,93,125)(H,94,122)(H,95,118)(H,96,126)(H,97,123)(H,98,119)(H,99,120)(H,100,130)(H,101,131)(H,102,127)(H,103,117)(H,104,128)(H,134,135)(H3,84,86,136)(H3,85,87,137)/t41-,42-,43+,46-,47-,48-,49-,50-,51-,52-,53-,54-,55-,56-,57-,58-,62-,63-/m0/s1. The molecular formula is C82H134N24O31. The van der Waals surface area contributed by atoms with E-state index in [0.29, 0.717) is 5.56 Å². The molecule has 1 aromatic rings. The second-order valence-electron chi connectivity index (χ2n) is 33.7. The van der Waals surface area contributed by atoms with Crippen molar-refractivity contribution in [1.82, 2.24) is 111 Å². The molecule has 2 aliphatic rings. The minimum atomic E-state index is -2.09. The van der Waals surface area contributed by atoms with Gasteiger partial charge in [0.1, 0.15) is 108 Å². The van der Waals surface area contributed by atoms with E-state index in [4.69, 9.17) is 17.2 Å². The lowest BCUT2D eigenvalue weighted by atomic mass is 10.0. The number of aliphatic carboxylic acids is 1. The molecule has 2 saturated heterocycles. The zero-order valence-electron chi connectivity index (χ0n) is 77.5. The highest BCUT2D eigenvalue weighted by molar-refractivity contribution is 6.02. The van der Waals surface area contributed by atoms with Gasteiger partial charge in [0, 0.05) is 32.6 Å². The van der Waals surface area contributed by atoms with Gasteiger partial charge in [0.25, 0.3) is 0 Å². The molecular weight excluding hydrogens is 1820 g/mol.